The number of aryl methyl sites for hydroxylation is 2. The summed E-state index contributed by atoms with van der Waals surface area (Å²) < 4.78 is 15.9. The monoisotopic (exact) mass is 564 g/mol. The standard InChI is InChI=1S/C23H29FN8.HI/c1-4-25-23(29-19-9-11-31(15-19)22-20(24)6-5-10-26-22)28-14-18-7-8-21(27-13-18)32-17(3)12-16(2)30-32;/h5-8,10,12-13,19H,4,9,11,14-15H2,1-3H3,(H2,25,28,29);1H. The fourth-order valence-corrected chi connectivity index (χ4v) is 3.86. The van der Waals surface area contributed by atoms with Crippen molar-refractivity contribution in [2.24, 2.45) is 4.99 Å². The lowest BCUT2D eigenvalue weighted by atomic mass is 10.2. The van der Waals surface area contributed by atoms with Crippen LogP contribution in [-0.4, -0.2) is 51.4 Å². The number of rotatable bonds is 6. The molecule has 2 N–H and O–H groups in total. The van der Waals surface area contributed by atoms with Crippen LogP contribution in [0.25, 0.3) is 5.82 Å². The van der Waals surface area contributed by atoms with Gasteiger partial charge in [-0.25, -0.2) is 24.0 Å². The molecule has 1 atom stereocenters. The summed E-state index contributed by atoms with van der Waals surface area (Å²) in [5.41, 5.74) is 3.03. The molecule has 3 aromatic heterocycles. The molecule has 1 aliphatic rings. The van der Waals surface area contributed by atoms with Crippen LogP contribution in [0.3, 0.4) is 0 Å². The molecule has 0 bridgehead atoms. The first-order valence-corrected chi connectivity index (χ1v) is 10.9. The first-order chi connectivity index (χ1) is 15.5. The van der Waals surface area contributed by atoms with Gasteiger partial charge in [0.1, 0.15) is 0 Å². The maximum atomic E-state index is 14.0. The van der Waals surface area contributed by atoms with Gasteiger partial charge in [0.2, 0.25) is 0 Å². The second-order valence-corrected chi connectivity index (χ2v) is 7.94. The van der Waals surface area contributed by atoms with Crippen LogP contribution in [0.4, 0.5) is 10.2 Å². The van der Waals surface area contributed by atoms with Crippen LogP contribution in [0, 0.1) is 19.7 Å². The molecule has 0 radical (unpaired) electrons. The quantitative estimate of drug-likeness (QED) is 0.272. The van der Waals surface area contributed by atoms with Gasteiger partial charge in [-0.2, -0.15) is 5.10 Å². The Balaban J connectivity index is 0.00000306. The van der Waals surface area contributed by atoms with Crippen molar-refractivity contribution in [3.63, 3.8) is 0 Å². The van der Waals surface area contributed by atoms with Crippen molar-refractivity contribution in [1.29, 1.82) is 0 Å². The first kappa shape index (κ1) is 24.9. The Morgan fingerprint density at radius 1 is 1.24 bits per heavy atom. The summed E-state index contributed by atoms with van der Waals surface area (Å²) in [6.45, 7) is 8.71. The molecule has 4 rings (SSSR count). The van der Waals surface area contributed by atoms with E-state index in [0.29, 0.717) is 18.9 Å². The Hall–Kier alpha value is -2.76. The van der Waals surface area contributed by atoms with Crippen LogP contribution in [0.1, 0.15) is 30.3 Å². The van der Waals surface area contributed by atoms with Crippen molar-refractivity contribution >= 4 is 35.8 Å². The highest BCUT2D eigenvalue weighted by Crippen LogP contribution is 2.20. The zero-order valence-corrected chi connectivity index (χ0v) is 21.5. The van der Waals surface area contributed by atoms with Gasteiger partial charge in [-0.1, -0.05) is 6.07 Å². The zero-order valence-electron chi connectivity index (χ0n) is 19.1. The number of hydrogen-bond acceptors (Lipinski definition) is 5. The van der Waals surface area contributed by atoms with Crippen LogP contribution < -0.4 is 15.5 Å². The molecule has 0 aliphatic carbocycles. The lowest BCUT2D eigenvalue weighted by molar-refractivity contribution is 0.612. The van der Waals surface area contributed by atoms with E-state index >= 15 is 0 Å². The van der Waals surface area contributed by atoms with E-state index in [-0.39, 0.29) is 35.8 Å². The summed E-state index contributed by atoms with van der Waals surface area (Å²) in [5, 5.41) is 11.2. The van der Waals surface area contributed by atoms with Gasteiger partial charge >= 0.3 is 0 Å². The SMILES string of the molecule is CCNC(=NCc1ccc(-n2nc(C)cc2C)nc1)NC1CCN(c2ncccc2F)C1.I. The van der Waals surface area contributed by atoms with Gasteiger partial charge < -0.3 is 15.5 Å². The fraction of sp³-hybridized carbons (Fsp3) is 0.391. The maximum absolute atomic E-state index is 14.0. The minimum atomic E-state index is -0.287. The lowest BCUT2D eigenvalue weighted by Crippen LogP contribution is -2.44. The fourth-order valence-electron chi connectivity index (χ4n) is 3.86. The third-order valence-corrected chi connectivity index (χ3v) is 5.37. The Bertz CT molecular complexity index is 1080. The van der Waals surface area contributed by atoms with Crippen LogP contribution in [0.15, 0.2) is 47.7 Å². The van der Waals surface area contributed by atoms with E-state index in [1.807, 2.05) is 54.7 Å². The van der Waals surface area contributed by atoms with Crippen LogP contribution in [0.5, 0.6) is 0 Å². The van der Waals surface area contributed by atoms with Gasteiger partial charge in [0, 0.05) is 43.8 Å². The summed E-state index contributed by atoms with van der Waals surface area (Å²) in [6, 6.07) is 9.23. The number of nitrogens with one attached hydrogen (secondary N) is 2. The molecule has 1 fully saturated rings. The highest BCUT2D eigenvalue weighted by Gasteiger charge is 2.25. The van der Waals surface area contributed by atoms with E-state index in [2.05, 4.69) is 25.7 Å². The second-order valence-electron chi connectivity index (χ2n) is 7.94. The van der Waals surface area contributed by atoms with E-state index < -0.39 is 0 Å². The molecular formula is C23H30FIN8. The number of pyridine rings is 2. The van der Waals surface area contributed by atoms with Crippen LogP contribution in [-0.2, 0) is 6.54 Å². The van der Waals surface area contributed by atoms with Gasteiger partial charge in [0.05, 0.1) is 12.2 Å². The minimum absolute atomic E-state index is 0. The van der Waals surface area contributed by atoms with Crippen molar-refractivity contribution in [2.45, 2.75) is 39.8 Å². The highest BCUT2D eigenvalue weighted by atomic mass is 127. The topological polar surface area (TPSA) is 83.3 Å². The third kappa shape index (κ3) is 6.18. The highest BCUT2D eigenvalue weighted by molar-refractivity contribution is 14.0. The van der Waals surface area contributed by atoms with Crippen LogP contribution >= 0.6 is 24.0 Å². The molecule has 176 valence electrons. The normalized spacial score (nSPS) is 15.9. The number of aliphatic imine (C=N–C) groups is 1. The molecule has 1 unspecified atom stereocenters. The van der Waals surface area contributed by atoms with Gasteiger partial charge in [-0.05, 0) is 57.0 Å². The largest absolute Gasteiger partial charge is 0.357 e. The Kier molecular flexibility index (Phi) is 8.59. The summed E-state index contributed by atoms with van der Waals surface area (Å²) in [7, 11) is 0. The first-order valence-electron chi connectivity index (χ1n) is 10.9. The predicted octanol–water partition coefficient (Wildman–Crippen LogP) is 3.37. The van der Waals surface area contributed by atoms with Gasteiger partial charge in [0.25, 0.3) is 0 Å². The molecule has 1 saturated heterocycles. The second kappa shape index (κ2) is 11.4. The van der Waals surface area contributed by atoms with E-state index in [9.17, 15) is 4.39 Å². The van der Waals surface area contributed by atoms with Gasteiger partial charge in [-0.15, -0.1) is 24.0 Å². The summed E-state index contributed by atoms with van der Waals surface area (Å²) >= 11 is 0. The van der Waals surface area contributed by atoms with E-state index in [4.69, 9.17) is 4.99 Å². The molecule has 0 amide bonds. The molecule has 0 aromatic carbocycles. The molecule has 1 aliphatic heterocycles. The zero-order chi connectivity index (χ0) is 22.5. The Morgan fingerprint density at radius 2 is 2.09 bits per heavy atom. The molecule has 10 heteroatoms. The predicted molar refractivity (Wildman–Crippen MR) is 139 cm³/mol. The van der Waals surface area contributed by atoms with Crippen molar-refractivity contribution in [3.8, 4) is 5.82 Å². The minimum Gasteiger partial charge on any atom is -0.357 e. The van der Waals surface area contributed by atoms with E-state index in [1.54, 1.807) is 12.3 Å². The lowest BCUT2D eigenvalue weighted by Gasteiger charge is -2.20. The van der Waals surface area contributed by atoms with Crippen molar-refractivity contribution in [3.05, 3.63) is 65.5 Å². The van der Waals surface area contributed by atoms with Gasteiger partial charge in [0.15, 0.2) is 23.4 Å². The molecule has 0 saturated carbocycles. The number of halogens is 2. The number of anilines is 1. The number of guanidine groups is 1. The maximum Gasteiger partial charge on any atom is 0.191 e. The van der Waals surface area contributed by atoms with Crippen molar-refractivity contribution < 1.29 is 4.39 Å². The molecule has 4 heterocycles. The number of hydrogen-bond donors (Lipinski definition) is 2. The Labute approximate surface area is 210 Å². The smallest absolute Gasteiger partial charge is 0.191 e. The molecule has 33 heavy (non-hydrogen) atoms. The third-order valence-electron chi connectivity index (χ3n) is 5.37. The van der Waals surface area contributed by atoms with Crippen molar-refractivity contribution in [2.75, 3.05) is 24.5 Å². The average molecular weight is 564 g/mol. The molecule has 8 nitrogen and oxygen atoms in total. The number of nitrogens with zero attached hydrogens (tertiary/aromatic N) is 6. The van der Waals surface area contributed by atoms with Crippen molar-refractivity contribution in [1.82, 2.24) is 30.4 Å². The molecule has 3 aromatic rings. The average Bonchev–Trinajstić information content (AvgIpc) is 3.38. The summed E-state index contributed by atoms with van der Waals surface area (Å²) in [4.78, 5) is 15.4. The Morgan fingerprint density at radius 3 is 2.76 bits per heavy atom. The van der Waals surface area contributed by atoms with Gasteiger partial charge in [-0.3, -0.25) is 0 Å². The molecular weight excluding hydrogens is 534 g/mol. The number of aromatic nitrogens is 4. The van der Waals surface area contributed by atoms with Crippen LogP contribution in [0.2, 0.25) is 0 Å². The summed E-state index contributed by atoms with van der Waals surface area (Å²) in [5.74, 6) is 1.65. The van der Waals surface area contributed by atoms with E-state index in [0.717, 1.165) is 48.2 Å². The molecule has 0 spiro atoms. The summed E-state index contributed by atoms with van der Waals surface area (Å²) in [6.07, 6.45) is 4.35. The van der Waals surface area contributed by atoms with E-state index in [1.165, 1.54) is 6.07 Å².